The molecule has 5 N–H and O–H groups in total. The number of anilines is 2. The van der Waals surface area contributed by atoms with Crippen LogP contribution in [-0.2, 0) is 4.79 Å². The lowest BCUT2D eigenvalue weighted by Crippen LogP contribution is -2.46. The molecular formula is C16H24N4O4. The van der Waals surface area contributed by atoms with Crippen molar-refractivity contribution < 1.29 is 19.4 Å². The van der Waals surface area contributed by atoms with Gasteiger partial charge in [0.25, 0.3) is 0 Å². The van der Waals surface area contributed by atoms with E-state index in [2.05, 4.69) is 10.6 Å². The molecule has 8 nitrogen and oxygen atoms in total. The van der Waals surface area contributed by atoms with Crippen LogP contribution in [0.3, 0.4) is 0 Å². The summed E-state index contributed by atoms with van der Waals surface area (Å²) in [5.74, 6) is -0.576. The Balaban J connectivity index is 1.91. The van der Waals surface area contributed by atoms with Crippen molar-refractivity contribution in [1.29, 1.82) is 0 Å². The van der Waals surface area contributed by atoms with E-state index in [4.69, 9.17) is 15.6 Å². The standard InChI is InChI=1S/C16H24N4O4/c1-2-18-16(23)20-7-5-11(6-8-20)19-14-9-12(3-4-13(14)17)24-10-15(21)22/h3-4,9,11,19H,2,5-8,10,17H2,1H3,(H,18,23)(H,21,22). The van der Waals surface area contributed by atoms with E-state index in [9.17, 15) is 9.59 Å². The summed E-state index contributed by atoms with van der Waals surface area (Å²) in [5, 5.41) is 14.8. The number of aliphatic carboxylic acids is 1. The summed E-state index contributed by atoms with van der Waals surface area (Å²) in [4.78, 5) is 24.2. The first kappa shape index (κ1) is 17.7. The summed E-state index contributed by atoms with van der Waals surface area (Å²) in [6.45, 7) is 3.48. The van der Waals surface area contributed by atoms with E-state index in [1.54, 1.807) is 23.1 Å². The summed E-state index contributed by atoms with van der Waals surface area (Å²) in [6, 6.07) is 5.20. The van der Waals surface area contributed by atoms with E-state index < -0.39 is 12.6 Å². The van der Waals surface area contributed by atoms with Gasteiger partial charge in [-0.2, -0.15) is 0 Å². The Kier molecular flexibility index (Phi) is 6.11. The third kappa shape index (κ3) is 4.94. The van der Waals surface area contributed by atoms with Gasteiger partial charge in [0.15, 0.2) is 6.61 Å². The lowest BCUT2D eigenvalue weighted by molar-refractivity contribution is -0.139. The number of nitrogens with one attached hydrogen (secondary N) is 2. The predicted octanol–water partition coefficient (Wildman–Crippen LogP) is 1.34. The molecule has 1 heterocycles. The van der Waals surface area contributed by atoms with Gasteiger partial charge < -0.3 is 31.1 Å². The largest absolute Gasteiger partial charge is 0.482 e. The molecule has 0 atom stereocenters. The Morgan fingerprint density at radius 3 is 2.71 bits per heavy atom. The number of piperidine rings is 1. The SMILES string of the molecule is CCNC(=O)N1CCC(Nc2cc(OCC(=O)O)ccc2N)CC1. The second kappa shape index (κ2) is 8.28. The quantitative estimate of drug-likeness (QED) is 0.582. The minimum atomic E-state index is -1.03. The number of carboxylic acid groups (broad SMARTS) is 1. The molecule has 0 spiro atoms. The van der Waals surface area contributed by atoms with E-state index in [1.165, 1.54) is 0 Å². The number of likely N-dealkylation sites (tertiary alicyclic amines) is 1. The minimum Gasteiger partial charge on any atom is -0.482 e. The summed E-state index contributed by atoms with van der Waals surface area (Å²) in [7, 11) is 0. The van der Waals surface area contributed by atoms with Gasteiger partial charge in [0, 0.05) is 31.7 Å². The summed E-state index contributed by atoms with van der Waals surface area (Å²) in [5.41, 5.74) is 7.26. The van der Waals surface area contributed by atoms with E-state index in [1.807, 2.05) is 6.92 Å². The minimum absolute atomic E-state index is 0.0282. The van der Waals surface area contributed by atoms with Gasteiger partial charge in [-0.25, -0.2) is 9.59 Å². The fourth-order valence-electron chi connectivity index (χ4n) is 2.61. The number of benzene rings is 1. The van der Waals surface area contributed by atoms with Gasteiger partial charge in [-0.3, -0.25) is 0 Å². The Labute approximate surface area is 141 Å². The van der Waals surface area contributed by atoms with Crippen LogP contribution in [0.15, 0.2) is 18.2 Å². The number of ether oxygens (including phenoxy) is 1. The zero-order valence-electron chi connectivity index (χ0n) is 13.7. The zero-order valence-corrected chi connectivity index (χ0v) is 13.7. The molecule has 0 aliphatic carbocycles. The Morgan fingerprint density at radius 1 is 1.38 bits per heavy atom. The van der Waals surface area contributed by atoms with Crippen molar-refractivity contribution in [2.45, 2.75) is 25.8 Å². The van der Waals surface area contributed by atoms with Gasteiger partial charge >= 0.3 is 12.0 Å². The Morgan fingerprint density at radius 2 is 2.08 bits per heavy atom. The second-order valence-corrected chi connectivity index (χ2v) is 5.67. The molecule has 1 fully saturated rings. The summed E-state index contributed by atoms with van der Waals surface area (Å²) < 4.78 is 5.17. The first-order valence-electron chi connectivity index (χ1n) is 8.03. The molecule has 0 unspecified atom stereocenters. The zero-order chi connectivity index (χ0) is 17.5. The molecule has 8 heteroatoms. The van der Waals surface area contributed by atoms with Gasteiger partial charge in [0.05, 0.1) is 11.4 Å². The maximum atomic E-state index is 11.8. The number of carbonyl (C=O) groups excluding carboxylic acids is 1. The molecule has 1 aromatic carbocycles. The predicted molar refractivity (Wildman–Crippen MR) is 91.3 cm³/mol. The van der Waals surface area contributed by atoms with Crippen LogP contribution >= 0.6 is 0 Å². The molecule has 0 aromatic heterocycles. The Bertz CT molecular complexity index is 585. The van der Waals surface area contributed by atoms with Crippen LogP contribution in [0.2, 0.25) is 0 Å². The first-order chi connectivity index (χ1) is 11.5. The molecule has 1 aromatic rings. The van der Waals surface area contributed by atoms with Crippen molar-refractivity contribution in [3.63, 3.8) is 0 Å². The normalized spacial score (nSPS) is 15.0. The van der Waals surface area contributed by atoms with Gasteiger partial charge in [-0.05, 0) is 31.9 Å². The van der Waals surface area contributed by atoms with Crippen LogP contribution in [0.4, 0.5) is 16.2 Å². The highest BCUT2D eigenvalue weighted by Crippen LogP contribution is 2.27. The van der Waals surface area contributed by atoms with Crippen molar-refractivity contribution in [2.75, 3.05) is 37.3 Å². The number of urea groups is 1. The number of nitrogens with two attached hydrogens (primary N) is 1. The van der Waals surface area contributed by atoms with Crippen LogP contribution in [0.5, 0.6) is 5.75 Å². The molecule has 0 saturated carbocycles. The van der Waals surface area contributed by atoms with E-state index in [-0.39, 0.29) is 12.1 Å². The molecule has 0 radical (unpaired) electrons. The van der Waals surface area contributed by atoms with Crippen LogP contribution in [0, 0.1) is 0 Å². The van der Waals surface area contributed by atoms with Gasteiger partial charge in [0.1, 0.15) is 5.75 Å². The average Bonchev–Trinajstić information content (AvgIpc) is 2.56. The molecule has 24 heavy (non-hydrogen) atoms. The number of carbonyl (C=O) groups is 2. The lowest BCUT2D eigenvalue weighted by Gasteiger charge is -2.33. The van der Waals surface area contributed by atoms with Crippen LogP contribution in [-0.4, -0.2) is 54.3 Å². The fourth-order valence-corrected chi connectivity index (χ4v) is 2.61. The van der Waals surface area contributed by atoms with Crippen molar-refractivity contribution >= 4 is 23.4 Å². The molecule has 1 saturated heterocycles. The molecule has 132 valence electrons. The monoisotopic (exact) mass is 336 g/mol. The number of amides is 2. The van der Waals surface area contributed by atoms with E-state index in [0.717, 1.165) is 12.8 Å². The maximum Gasteiger partial charge on any atom is 0.341 e. The van der Waals surface area contributed by atoms with Crippen molar-refractivity contribution in [3.8, 4) is 5.75 Å². The molecular weight excluding hydrogens is 312 g/mol. The van der Waals surface area contributed by atoms with E-state index in [0.29, 0.717) is 36.8 Å². The third-order valence-corrected chi connectivity index (χ3v) is 3.86. The highest BCUT2D eigenvalue weighted by Gasteiger charge is 2.22. The molecule has 1 aliphatic heterocycles. The highest BCUT2D eigenvalue weighted by molar-refractivity contribution is 5.74. The fraction of sp³-hybridized carbons (Fsp3) is 0.500. The van der Waals surface area contributed by atoms with Gasteiger partial charge in [-0.1, -0.05) is 0 Å². The number of rotatable bonds is 6. The first-order valence-corrected chi connectivity index (χ1v) is 8.03. The summed E-state index contributed by atoms with van der Waals surface area (Å²) >= 11 is 0. The molecule has 0 bridgehead atoms. The molecule has 2 amide bonds. The highest BCUT2D eigenvalue weighted by atomic mass is 16.5. The lowest BCUT2D eigenvalue weighted by atomic mass is 10.0. The maximum absolute atomic E-state index is 11.8. The smallest absolute Gasteiger partial charge is 0.341 e. The molecule has 2 rings (SSSR count). The van der Waals surface area contributed by atoms with Gasteiger partial charge in [0.2, 0.25) is 0 Å². The van der Waals surface area contributed by atoms with Gasteiger partial charge in [-0.15, -0.1) is 0 Å². The van der Waals surface area contributed by atoms with Crippen LogP contribution < -0.4 is 21.1 Å². The number of hydrogen-bond acceptors (Lipinski definition) is 5. The summed E-state index contributed by atoms with van der Waals surface area (Å²) in [6.07, 6.45) is 1.63. The number of nitrogen functional groups attached to an aromatic ring is 1. The topological polar surface area (TPSA) is 117 Å². The van der Waals surface area contributed by atoms with Crippen molar-refractivity contribution in [1.82, 2.24) is 10.2 Å². The number of carboxylic acids is 1. The van der Waals surface area contributed by atoms with Crippen LogP contribution in [0.25, 0.3) is 0 Å². The average molecular weight is 336 g/mol. The molecule has 1 aliphatic rings. The van der Waals surface area contributed by atoms with Crippen molar-refractivity contribution in [2.24, 2.45) is 0 Å². The Hall–Kier alpha value is -2.64. The third-order valence-electron chi connectivity index (χ3n) is 3.86. The number of nitrogens with zero attached hydrogens (tertiary/aromatic N) is 1. The van der Waals surface area contributed by atoms with Crippen LogP contribution in [0.1, 0.15) is 19.8 Å². The number of hydrogen-bond donors (Lipinski definition) is 4. The second-order valence-electron chi connectivity index (χ2n) is 5.67. The van der Waals surface area contributed by atoms with E-state index >= 15 is 0 Å². The van der Waals surface area contributed by atoms with Crippen molar-refractivity contribution in [3.05, 3.63) is 18.2 Å².